The lowest BCUT2D eigenvalue weighted by Crippen LogP contribution is -2.38. The number of hydrogen-bond donors (Lipinski definition) is 1. The Morgan fingerprint density at radius 2 is 2.11 bits per heavy atom. The van der Waals surface area contributed by atoms with Gasteiger partial charge in [0.1, 0.15) is 5.69 Å². The van der Waals surface area contributed by atoms with E-state index in [0.29, 0.717) is 12.2 Å². The molecule has 1 aromatic heterocycles. The number of nitrogens with zero attached hydrogens (tertiary/aromatic N) is 1. The number of carbonyl (C=O) groups excluding carboxylic acids is 1. The number of alkyl halides is 1. The molecule has 1 heterocycles. The van der Waals surface area contributed by atoms with Crippen molar-refractivity contribution >= 4 is 21.8 Å². The van der Waals surface area contributed by atoms with E-state index in [0.717, 1.165) is 23.7 Å². The minimum absolute atomic E-state index is 0.0830. The molecule has 18 heavy (non-hydrogen) atoms. The van der Waals surface area contributed by atoms with Gasteiger partial charge in [0.15, 0.2) is 0 Å². The van der Waals surface area contributed by atoms with Crippen LogP contribution in [0, 0.1) is 12.3 Å². The molecule has 1 amide bonds. The number of aromatic nitrogens is 1. The highest BCUT2D eigenvalue weighted by Crippen LogP contribution is 2.27. The van der Waals surface area contributed by atoms with Gasteiger partial charge in [0.2, 0.25) is 0 Å². The van der Waals surface area contributed by atoms with Crippen LogP contribution in [0.15, 0.2) is 18.3 Å². The average molecular weight is 313 g/mol. The zero-order valence-corrected chi connectivity index (χ0v) is 12.9. The van der Waals surface area contributed by atoms with Crippen LogP contribution in [0.1, 0.15) is 42.7 Å². The largest absolute Gasteiger partial charge is 0.350 e. The Bertz CT molecular complexity index is 394. The van der Waals surface area contributed by atoms with E-state index in [4.69, 9.17) is 0 Å². The van der Waals surface area contributed by atoms with Gasteiger partial charge in [-0.2, -0.15) is 0 Å². The summed E-state index contributed by atoms with van der Waals surface area (Å²) in [6, 6.07) is 3.74. The first kappa shape index (κ1) is 15.2. The van der Waals surface area contributed by atoms with E-state index in [2.05, 4.69) is 40.1 Å². The Hall–Kier alpha value is -0.900. The number of halogens is 1. The fourth-order valence-electron chi connectivity index (χ4n) is 1.81. The van der Waals surface area contributed by atoms with Crippen molar-refractivity contribution in [3.63, 3.8) is 0 Å². The topological polar surface area (TPSA) is 42.0 Å². The third-order valence-electron chi connectivity index (χ3n) is 3.63. The molecule has 0 aliphatic heterocycles. The summed E-state index contributed by atoms with van der Waals surface area (Å²) in [6.45, 7) is 6.89. The van der Waals surface area contributed by atoms with E-state index >= 15 is 0 Å². The van der Waals surface area contributed by atoms with Crippen molar-refractivity contribution in [2.24, 2.45) is 5.41 Å². The fraction of sp³-hybridized carbons (Fsp3) is 0.571. The normalized spacial score (nSPS) is 11.3. The summed E-state index contributed by atoms with van der Waals surface area (Å²) >= 11 is 3.55. The van der Waals surface area contributed by atoms with Crippen molar-refractivity contribution in [1.29, 1.82) is 0 Å². The number of amides is 1. The van der Waals surface area contributed by atoms with Gasteiger partial charge >= 0.3 is 0 Å². The molecule has 0 saturated carbocycles. The highest BCUT2D eigenvalue weighted by atomic mass is 79.9. The molecule has 1 aromatic rings. The van der Waals surface area contributed by atoms with Gasteiger partial charge in [-0.25, -0.2) is 0 Å². The smallest absolute Gasteiger partial charge is 0.270 e. The van der Waals surface area contributed by atoms with Crippen molar-refractivity contribution in [1.82, 2.24) is 10.3 Å². The molecule has 0 aromatic carbocycles. The molecule has 0 aliphatic carbocycles. The van der Waals surface area contributed by atoms with Crippen LogP contribution >= 0.6 is 15.9 Å². The summed E-state index contributed by atoms with van der Waals surface area (Å²) in [5, 5.41) is 3.90. The lowest BCUT2D eigenvalue weighted by Gasteiger charge is -2.29. The predicted octanol–water partition coefficient (Wildman–Crippen LogP) is 3.32. The number of nitrogens with one attached hydrogen (secondary N) is 1. The second-order valence-corrected chi connectivity index (χ2v) is 5.25. The molecule has 0 spiro atoms. The monoisotopic (exact) mass is 312 g/mol. The van der Waals surface area contributed by atoms with Crippen LogP contribution in [0.5, 0.6) is 0 Å². The number of pyridine rings is 1. The van der Waals surface area contributed by atoms with Gasteiger partial charge in [-0.15, -0.1) is 0 Å². The third kappa shape index (κ3) is 3.55. The van der Waals surface area contributed by atoms with Crippen LogP contribution in [0.3, 0.4) is 0 Å². The Labute approximate surface area is 118 Å². The lowest BCUT2D eigenvalue weighted by atomic mass is 9.84. The molecule has 0 bridgehead atoms. The minimum atomic E-state index is -0.0830. The number of hydrogen-bond acceptors (Lipinski definition) is 2. The van der Waals surface area contributed by atoms with Gasteiger partial charge in [0, 0.05) is 18.1 Å². The molecule has 4 heteroatoms. The second kappa shape index (κ2) is 6.88. The maximum Gasteiger partial charge on any atom is 0.270 e. The number of aryl methyl sites for hydroxylation is 1. The van der Waals surface area contributed by atoms with Crippen LogP contribution in [-0.4, -0.2) is 22.8 Å². The van der Waals surface area contributed by atoms with E-state index in [9.17, 15) is 4.79 Å². The first-order valence-corrected chi connectivity index (χ1v) is 7.46. The molecule has 1 N–H and O–H groups in total. The van der Waals surface area contributed by atoms with Crippen molar-refractivity contribution < 1.29 is 4.79 Å². The molecule has 0 radical (unpaired) electrons. The molecule has 0 atom stereocenters. The SMILES string of the molecule is CCC(CC)(CBr)CNC(=O)c1ncccc1C. The standard InChI is InChI=1S/C14H21BrN2O/c1-4-14(5-2,9-15)10-17-13(18)12-11(3)7-6-8-16-12/h6-8H,4-5,9-10H2,1-3H3,(H,17,18). The Balaban J connectivity index is 2.69. The maximum atomic E-state index is 12.1. The first-order chi connectivity index (χ1) is 8.58. The molecule has 0 saturated heterocycles. The van der Waals surface area contributed by atoms with Crippen LogP contribution in [0.4, 0.5) is 0 Å². The highest BCUT2D eigenvalue weighted by molar-refractivity contribution is 9.09. The summed E-state index contributed by atoms with van der Waals surface area (Å²) in [6.07, 6.45) is 3.73. The average Bonchev–Trinajstić information content (AvgIpc) is 2.41. The molecular weight excluding hydrogens is 292 g/mol. The van der Waals surface area contributed by atoms with E-state index in [1.807, 2.05) is 19.1 Å². The van der Waals surface area contributed by atoms with Crippen molar-refractivity contribution in [2.75, 3.05) is 11.9 Å². The molecule has 100 valence electrons. The van der Waals surface area contributed by atoms with Crippen molar-refractivity contribution in [3.05, 3.63) is 29.6 Å². The lowest BCUT2D eigenvalue weighted by molar-refractivity contribution is 0.0926. The number of rotatable bonds is 6. The highest BCUT2D eigenvalue weighted by Gasteiger charge is 2.25. The van der Waals surface area contributed by atoms with Crippen LogP contribution in [-0.2, 0) is 0 Å². The maximum absolute atomic E-state index is 12.1. The van der Waals surface area contributed by atoms with Gasteiger partial charge in [-0.05, 0) is 36.8 Å². The summed E-state index contributed by atoms with van der Waals surface area (Å²) in [4.78, 5) is 16.2. The van der Waals surface area contributed by atoms with E-state index in [1.165, 1.54) is 0 Å². The van der Waals surface area contributed by atoms with E-state index in [1.54, 1.807) is 6.20 Å². The fourth-order valence-corrected chi connectivity index (χ4v) is 2.80. The van der Waals surface area contributed by atoms with E-state index in [-0.39, 0.29) is 11.3 Å². The zero-order valence-electron chi connectivity index (χ0n) is 11.3. The predicted molar refractivity (Wildman–Crippen MR) is 78.1 cm³/mol. The Kier molecular flexibility index (Phi) is 5.79. The van der Waals surface area contributed by atoms with Gasteiger partial charge < -0.3 is 5.32 Å². The zero-order chi connectivity index (χ0) is 13.6. The third-order valence-corrected chi connectivity index (χ3v) is 4.82. The van der Waals surface area contributed by atoms with Gasteiger partial charge in [-0.3, -0.25) is 9.78 Å². The summed E-state index contributed by atoms with van der Waals surface area (Å²) in [5.74, 6) is -0.0830. The molecule has 0 fully saturated rings. The Morgan fingerprint density at radius 1 is 1.44 bits per heavy atom. The van der Waals surface area contributed by atoms with Crippen LogP contribution in [0.25, 0.3) is 0 Å². The number of carbonyl (C=O) groups is 1. The van der Waals surface area contributed by atoms with E-state index < -0.39 is 0 Å². The summed E-state index contributed by atoms with van der Waals surface area (Å²) in [5.41, 5.74) is 1.57. The van der Waals surface area contributed by atoms with Crippen molar-refractivity contribution in [3.8, 4) is 0 Å². The summed E-state index contributed by atoms with van der Waals surface area (Å²) in [7, 11) is 0. The minimum Gasteiger partial charge on any atom is -0.350 e. The Morgan fingerprint density at radius 3 is 2.61 bits per heavy atom. The first-order valence-electron chi connectivity index (χ1n) is 6.34. The molecule has 1 rings (SSSR count). The van der Waals surface area contributed by atoms with Crippen molar-refractivity contribution in [2.45, 2.75) is 33.6 Å². The summed E-state index contributed by atoms with van der Waals surface area (Å²) < 4.78 is 0. The van der Waals surface area contributed by atoms with Crippen LogP contribution in [0.2, 0.25) is 0 Å². The molecule has 0 unspecified atom stereocenters. The van der Waals surface area contributed by atoms with Gasteiger partial charge in [0.05, 0.1) is 0 Å². The van der Waals surface area contributed by atoms with Crippen LogP contribution < -0.4 is 5.32 Å². The van der Waals surface area contributed by atoms with Gasteiger partial charge in [0.25, 0.3) is 5.91 Å². The quantitative estimate of drug-likeness (QED) is 0.819. The molecule has 3 nitrogen and oxygen atoms in total. The second-order valence-electron chi connectivity index (χ2n) is 4.69. The van der Waals surface area contributed by atoms with Gasteiger partial charge in [-0.1, -0.05) is 35.8 Å². The molecular formula is C14H21BrN2O. The molecule has 0 aliphatic rings.